The monoisotopic (exact) mass is 355 g/mol. The fraction of sp³-hybridized carbons (Fsp3) is 0.316. The van der Waals surface area contributed by atoms with Crippen molar-refractivity contribution in [3.8, 4) is 0 Å². The zero-order valence-electron chi connectivity index (χ0n) is 14.4. The van der Waals surface area contributed by atoms with E-state index in [4.69, 9.17) is 0 Å². The maximum Gasteiger partial charge on any atom is 0.262 e. The number of aryl methyl sites for hydroxylation is 2. The van der Waals surface area contributed by atoms with Crippen LogP contribution in [0.3, 0.4) is 0 Å². The summed E-state index contributed by atoms with van der Waals surface area (Å²) >= 11 is 1.44. The minimum atomic E-state index is -0.0929. The van der Waals surface area contributed by atoms with Gasteiger partial charge in [-0.25, -0.2) is 4.98 Å². The second-order valence-electron chi connectivity index (χ2n) is 6.07. The Hall–Kier alpha value is -2.47. The highest BCUT2D eigenvalue weighted by molar-refractivity contribution is 7.16. The second-order valence-corrected chi connectivity index (χ2v) is 6.97. The quantitative estimate of drug-likeness (QED) is 0.737. The largest absolute Gasteiger partial charge is 0.349 e. The molecule has 0 aliphatic rings. The van der Waals surface area contributed by atoms with Gasteiger partial charge in [-0.3, -0.25) is 14.2 Å². The fourth-order valence-electron chi connectivity index (χ4n) is 2.76. The van der Waals surface area contributed by atoms with Crippen LogP contribution in [0.2, 0.25) is 0 Å². The summed E-state index contributed by atoms with van der Waals surface area (Å²) in [5.74, 6) is -0.0651. The highest BCUT2D eigenvalue weighted by Gasteiger charge is 2.13. The Labute approximate surface area is 150 Å². The first kappa shape index (κ1) is 17.4. The van der Waals surface area contributed by atoms with Gasteiger partial charge in [-0.05, 0) is 30.4 Å². The van der Waals surface area contributed by atoms with E-state index in [-0.39, 0.29) is 23.9 Å². The van der Waals surface area contributed by atoms with Gasteiger partial charge in [-0.2, -0.15) is 0 Å². The summed E-state index contributed by atoms with van der Waals surface area (Å²) in [4.78, 5) is 29.6. The average Bonchev–Trinajstić information content (AvgIpc) is 3.09. The Morgan fingerprint density at radius 2 is 2.04 bits per heavy atom. The maximum absolute atomic E-state index is 12.3. The number of nitrogens with zero attached hydrogens (tertiary/aromatic N) is 2. The van der Waals surface area contributed by atoms with E-state index in [1.165, 1.54) is 27.8 Å². The molecular formula is C19H21N3O2S. The molecule has 130 valence electrons. The van der Waals surface area contributed by atoms with Crippen LogP contribution >= 0.6 is 11.3 Å². The van der Waals surface area contributed by atoms with E-state index >= 15 is 0 Å². The lowest BCUT2D eigenvalue weighted by Gasteiger charge is -2.18. The number of carbonyl (C=O) groups excluding carboxylic acids is 1. The van der Waals surface area contributed by atoms with E-state index in [2.05, 4.69) is 10.3 Å². The maximum atomic E-state index is 12.3. The number of nitrogens with one attached hydrogen (secondary N) is 1. The van der Waals surface area contributed by atoms with Crippen molar-refractivity contribution >= 4 is 27.5 Å². The molecule has 0 fully saturated rings. The smallest absolute Gasteiger partial charge is 0.262 e. The first-order valence-electron chi connectivity index (χ1n) is 8.37. The van der Waals surface area contributed by atoms with Crippen molar-refractivity contribution in [2.24, 2.45) is 0 Å². The van der Waals surface area contributed by atoms with Crippen LogP contribution in [-0.4, -0.2) is 15.5 Å². The summed E-state index contributed by atoms with van der Waals surface area (Å²) in [5.41, 5.74) is 2.20. The molecule has 0 saturated carbocycles. The van der Waals surface area contributed by atoms with Gasteiger partial charge in [0.15, 0.2) is 0 Å². The van der Waals surface area contributed by atoms with Crippen LogP contribution in [0.25, 0.3) is 10.2 Å². The van der Waals surface area contributed by atoms with E-state index < -0.39 is 0 Å². The molecule has 1 aromatic carbocycles. The molecule has 2 heterocycles. The third kappa shape index (κ3) is 3.96. The molecule has 0 radical (unpaired) electrons. The van der Waals surface area contributed by atoms with Crippen LogP contribution in [0.15, 0.2) is 46.8 Å². The molecular weight excluding hydrogens is 334 g/mol. The van der Waals surface area contributed by atoms with Gasteiger partial charge in [0.2, 0.25) is 5.91 Å². The second kappa shape index (κ2) is 7.61. The standard InChI is InChI=1S/C19H21N3O2S/c1-3-16(14-6-4-13(2)5-7-14)21-17(23)8-10-22-12-20-18-15(19(22)24)9-11-25-18/h4-7,9,11-12,16H,3,8,10H2,1-2H3,(H,21,23). The van der Waals surface area contributed by atoms with Gasteiger partial charge < -0.3 is 5.32 Å². The molecule has 2 aromatic heterocycles. The molecule has 3 rings (SSSR count). The van der Waals surface area contributed by atoms with Crippen LogP contribution in [0, 0.1) is 6.92 Å². The summed E-state index contributed by atoms with van der Waals surface area (Å²) in [7, 11) is 0. The highest BCUT2D eigenvalue weighted by Crippen LogP contribution is 2.17. The van der Waals surface area contributed by atoms with Gasteiger partial charge in [-0.15, -0.1) is 11.3 Å². The van der Waals surface area contributed by atoms with Crippen molar-refractivity contribution in [1.29, 1.82) is 0 Å². The Bertz CT molecular complexity index is 928. The van der Waals surface area contributed by atoms with Crippen LogP contribution < -0.4 is 10.9 Å². The molecule has 1 atom stereocenters. The minimum Gasteiger partial charge on any atom is -0.349 e. The molecule has 0 aliphatic heterocycles. The van der Waals surface area contributed by atoms with Gasteiger partial charge >= 0.3 is 0 Å². The SMILES string of the molecule is CCC(NC(=O)CCn1cnc2sccc2c1=O)c1ccc(C)cc1. The lowest BCUT2D eigenvalue weighted by molar-refractivity contribution is -0.122. The van der Waals surface area contributed by atoms with Crippen molar-refractivity contribution in [3.63, 3.8) is 0 Å². The third-order valence-electron chi connectivity index (χ3n) is 4.25. The zero-order chi connectivity index (χ0) is 17.8. The van der Waals surface area contributed by atoms with E-state index in [0.717, 1.165) is 16.8 Å². The van der Waals surface area contributed by atoms with E-state index in [0.29, 0.717) is 11.9 Å². The van der Waals surface area contributed by atoms with Crippen molar-refractivity contribution in [3.05, 3.63) is 63.5 Å². The number of hydrogen-bond acceptors (Lipinski definition) is 4. The molecule has 0 saturated heterocycles. The summed E-state index contributed by atoms with van der Waals surface area (Å²) < 4.78 is 1.50. The third-order valence-corrected chi connectivity index (χ3v) is 5.07. The molecule has 1 amide bonds. The van der Waals surface area contributed by atoms with Crippen molar-refractivity contribution in [2.75, 3.05) is 0 Å². The predicted octanol–water partition coefficient (Wildman–Crippen LogP) is 3.42. The molecule has 0 bridgehead atoms. The summed E-state index contributed by atoms with van der Waals surface area (Å²) in [6.45, 7) is 4.41. The van der Waals surface area contributed by atoms with Gasteiger partial charge in [0.1, 0.15) is 4.83 Å². The molecule has 1 unspecified atom stereocenters. The number of hydrogen-bond donors (Lipinski definition) is 1. The van der Waals surface area contributed by atoms with Crippen molar-refractivity contribution < 1.29 is 4.79 Å². The number of thiophene rings is 1. The van der Waals surface area contributed by atoms with Crippen LogP contribution in [-0.2, 0) is 11.3 Å². The summed E-state index contributed by atoms with van der Waals surface area (Å²) in [6.07, 6.45) is 2.59. The minimum absolute atomic E-state index is 0.0118. The Kier molecular flexibility index (Phi) is 5.28. The number of benzene rings is 1. The number of fused-ring (bicyclic) bond motifs is 1. The predicted molar refractivity (Wildman–Crippen MR) is 101 cm³/mol. The zero-order valence-corrected chi connectivity index (χ0v) is 15.2. The average molecular weight is 355 g/mol. The summed E-state index contributed by atoms with van der Waals surface area (Å²) in [6, 6.07) is 9.95. The first-order chi connectivity index (χ1) is 12.1. The number of rotatable bonds is 6. The lowest BCUT2D eigenvalue weighted by atomic mass is 10.0. The number of amides is 1. The van der Waals surface area contributed by atoms with E-state index in [1.54, 1.807) is 6.07 Å². The molecule has 25 heavy (non-hydrogen) atoms. The lowest BCUT2D eigenvalue weighted by Crippen LogP contribution is -2.30. The van der Waals surface area contributed by atoms with E-state index in [1.807, 2.05) is 43.5 Å². The normalized spacial score (nSPS) is 12.2. The fourth-order valence-corrected chi connectivity index (χ4v) is 3.48. The van der Waals surface area contributed by atoms with Gasteiger partial charge in [-0.1, -0.05) is 36.8 Å². The Morgan fingerprint density at radius 1 is 1.28 bits per heavy atom. The summed E-state index contributed by atoms with van der Waals surface area (Å²) in [5, 5.41) is 5.51. The van der Waals surface area contributed by atoms with E-state index in [9.17, 15) is 9.59 Å². The van der Waals surface area contributed by atoms with Crippen LogP contribution in [0.5, 0.6) is 0 Å². The molecule has 6 heteroatoms. The molecule has 0 spiro atoms. The topological polar surface area (TPSA) is 64.0 Å². The Balaban J connectivity index is 1.64. The van der Waals surface area contributed by atoms with Crippen LogP contribution in [0.4, 0.5) is 0 Å². The first-order valence-corrected chi connectivity index (χ1v) is 9.25. The van der Waals surface area contributed by atoms with Gasteiger partial charge in [0.05, 0.1) is 17.8 Å². The molecule has 1 N–H and O–H groups in total. The van der Waals surface area contributed by atoms with Crippen LogP contribution in [0.1, 0.15) is 36.9 Å². The van der Waals surface area contributed by atoms with Gasteiger partial charge in [0.25, 0.3) is 5.56 Å². The molecule has 0 aliphatic carbocycles. The van der Waals surface area contributed by atoms with Crippen molar-refractivity contribution in [2.45, 2.75) is 39.3 Å². The number of aromatic nitrogens is 2. The Morgan fingerprint density at radius 3 is 2.76 bits per heavy atom. The molecule has 5 nitrogen and oxygen atoms in total. The number of carbonyl (C=O) groups is 1. The molecule has 3 aromatic rings. The highest BCUT2D eigenvalue weighted by atomic mass is 32.1. The van der Waals surface area contributed by atoms with Crippen molar-refractivity contribution in [1.82, 2.24) is 14.9 Å². The van der Waals surface area contributed by atoms with Gasteiger partial charge in [0, 0.05) is 13.0 Å².